The van der Waals surface area contributed by atoms with Crippen molar-refractivity contribution < 1.29 is 14.7 Å². The normalized spacial score (nSPS) is 11.5. The Morgan fingerprint density at radius 1 is 1.29 bits per heavy atom. The molecule has 0 saturated heterocycles. The van der Waals surface area contributed by atoms with Crippen molar-refractivity contribution in [2.24, 2.45) is 7.05 Å². The van der Waals surface area contributed by atoms with Gasteiger partial charge in [-0.2, -0.15) is 5.10 Å². The van der Waals surface area contributed by atoms with E-state index in [0.29, 0.717) is 18.0 Å². The zero-order valence-corrected chi connectivity index (χ0v) is 12.8. The molecular weight excluding hydrogens is 270 g/mol. The number of anilines is 1. The van der Waals surface area contributed by atoms with Crippen molar-refractivity contribution in [3.8, 4) is 5.75 Å². The number of nitrogens with one attached hydrogen (secondary N) is 1. The molecule has 0 radical (unpaired) electrons. The molecule has 6 nitrogen and oxygen atoms in total. The Morgan fingerprint density at radius 2 is 1.95 bits per heavy atom. The number of ether oxygens (including phenoxy) is 2. The minimum Gasteiger partial charge on any atom is -0.487 e. The maximum absolute atomic E-state index is 8.75. The Balaban J connectivity index is 2.05. The van der Waals surface area contributed by atoms with E-state index in [9.17, 15) is 0 Å². The van der Waals surface area contributed by atoms with Gasteiger partial charge in [-0.15, -0.1) is 0 Å². The summed E-state index contributed by atoms with van der Waals surface area (Å²) < 4.78 is 13.0. The van der Waals surface area contributed by atoms with Crippen molar-refractivity contribution >= 4 is 5.69 Å². The third kappa shape index (κ3) is 3.53. The fourth-order valence-corrected chi connectivity index (χ4v) is 2.05. The van der Waals surface area contributed by atoms with Gasteiger partial charge in [-0.25, -0.2) is 0 Å². The van der Waals surface area contributed by atoms with Gasteiger partial charge in [-0.05, 0) is 44.2 Å². The summed E-state index contributed by atoms with van der Waals surface area (Å²) in [5, 5.41) is 13.2. The molecule has 0 spiro atoms. The summed E-state index contributed by atoms with van der Waals surface area (Å²) in [5.41, 5.74) is 4.12. The Morgan fingerprint density at radius 3 is 2.52 bits per heavy atom. The van der Waals surface area contributed by atoms with Crippen molar-refractivity contribution in [2.75, 3.05) is 12.6 Å². The molecule has 1 heterocycles. The van der Waals surface area contributed by atoms with Gasteiger partial charge in [-0.3, -0.25) is 15.4 Å². The summed E-state index contributed by atoms with van der Waals surface area (Å²) in [4.78, 5) is 0. The van der Waals surface area contributed by atoms with Crippen molar-refractivity contribution in [1.82, 2.24) is 9.78 Å². The predicted octanol–water partition coefficient (Wildman–Crippen LogP) is 2.68. The van der Waals surface area contributed by atoms with E-state index in [-0.39, 0.29) is 0 Å². The SMILES string of the molecule is COC(C)(C)c1cc(COc2ccc(NO)cc2)nn1C. The van der Waals surface area contributed by atoms with Gasteiger partial charge in [0.05, 0.1) is 11.4 Å². The summed E-state index contributed by atoms with van der Waals surface area (Å²) in [6.07, 6.45) is 0. The van der Waals surface area contributed by atoms with Gasteiger partial charge in [0.1, 0.15) is 23.7 Å². The maximum atomic E-state index is 8.75. The van der Waals surface area contributed by atoms with Gasteiger partial charge in [-0.1, -0.05) is 0 Å². The number of hydrogen-bond acceptors (Lipinski definition) is 5. The second-order valence-corrected chi connectivity index (χ2v) is 5.28. The molecule has 1 aromatic carbocycles. The summed E-state index contributed by atoms with van der Waals surface area (Å²) in [6.45, 7) is 4.37. The Hall–Kier alpha value is -2.05. The third-order valence-electron chi connectivity index (χ3n) is 3.43. The first-order valence-corrected chi connectivity index (χ1v) is 6.68. The van der Waals surface area contributed by atoms with Gasteiger partial charge in [0, 0.05) is 14.2 Å². The Bertz CT molecular complexity index is 591. The molecule has 0 aliphatic carbocycles. The molecule has 0 fully saturated rings. The number of rotatable bonds is 6. The van der Waals surface area contributed by atoms with E-state index >= 15 is 0 Å². The van der Waals surface area contributed by atoms with Crippen LogP contribution in [0.1, 0.15) is 25.2 Å². The largest absolute Gasteiger partial charge is 0.487 e. The lowest BCUT2D eigenvalue weighted by Crippen LogP contribution is -2.22. The molecule has 0 amide bonds. The van der Waals surface area contributed by atoms with Crippen LogP contribution in [0.5, 0.6) is 5.75 Å². The topological polar surface area (TPSA) is 68.5 Å². The molecule has 0 aliphatic rings. The molecule has 0 atom stereocenters. The number of nitrogens with zero attached hydrogens (tertiary/aromatic N) is 2. The van der Waals surface area contributed by atoms with Crippen LogP contribution >= 0.6 is 0 Å². The van der Waals surface area contributed by atoms with Crippen molar-refractivity contribution in [2.45, 2.75) is 26.1 Å². The lowest BCUT2D eigenvalue weighted by molar-refractivity contribution is 0.0123. The van der Waals surface area contributed by atoms with E-state index in [1.54, 1.807) is 36.1 Å². The highest BCUT2D eigenvalue weighted by molar-refractivity contribution is 5.44. The van der Waals surface area contributed by atoms with E-state index in [4.69, 9.17) is 14.7 Å². The Labute approximate surface area is 124 Å². The van der Waals surface area contributed by atoms with Gasteiger partial charge < -0.3 is 9.47 Å². The molecule has 2 N–H and O–H groups in total. The van der Waals surface area contributed by atoms with Crippen LogP contribution in [0, 0.1) is 0 Å². The quantitative estimate of drug-likeness (QED) is 0.801. The van der Waals surface area contributed by atoms with Gasteiger partial charge in [0.15, 0.2) is 0 Å². The van der Waals surface area contributed by atoms with E-state index in [0.717, 1.165) is 11.4 Å². The molecule has 6 heteroatoms. The highest BCUT2D eigenvalue weighted by atomic mass is 16.5. The van der Waals surface area contributed by atoms with Crippen LogP contribution in [0.2, 0.25) is 0 Å². The van der Waals surface area contributed by atoms with E-state index < -0.39 is 5.60 Å². The number of methoxy groups -OCH3 is 1. The molecule has 0 saturated carbocycles. The fourth-order valence-electron chi connectivity index (χ4n) is 2.05. The van der Waals surface area contributed by atoms with Crippen LogP contribution in [-0.4, -0.2) is 22.1 Å². The van der Waals surface area contributed by atoms with Gasteiger partial charge >= 0.3 is 0 Å². The average molecular weight is 291 g/mol. The number of benzene rings is 1. The first-order chi connectivity index (χ1) is 9.96. The molecular formula is C15H21N3O3. The van der Waals surface area contributed by atoms with Crippen LogP contribution in [0.25, 0.3) is 0 Å². The van der Waals surface area contributed by atoms with Gasteiger partial charge in [0.25, 0.3) is 0 Å². The summed E-state index contributed by atoms with van der Waals surface area (Å²) >= 11 is 0. The molecule has 1 aromatic heterocycles. The van der Waals surface area contributed by atoms with Crippen molar-refractivity contribution in [3.05, 3.63) is 41.7 Å². The molecule has 2 aromatic rings. The van der Waals surface area contributed by atoms with Crippen LogP contribution in [-0.2, 0) is 24.0 Å². The smallest absolute Gasteiger partial charge is 0.132 e. The second-order valence-electron chi connectivity index (χ2n) is 5.28. The molecule has 0 unspecified atom stereocenters. The number of aryl methyl sites for hydroxylation is 1. The standard InChI is InChI=1S/C15H21N3O3/c1-15(2,20-4)14-9-12(16-18(14)3)10-21-13-7-5-11(17-19)6-8-13/h5-9,17,19H,10H2,1-4H3. The monoisotopic (exact) mass is 291 g/mol. The molecule has 114 valence electrons. The minimum absolute atomic E-state index is 0.375. The van der Waals surface area contributed by atoms with Crippen molar-refractivity contribution in [1.29, 1.82) is 0 Å². The van der Waals surface area contributed by atoms with E-state index in [1.165, 1.54) is 0 Å². The van der Waals surface area contributed by atoms with Crippen LogP contribution in [0.3, 0.4) is 0 Å². The van der Waals surface area contributed by atoms with E-state index in [2.05, 4.69) is 10.6 Å². The van der Waals surface area contributed by atoms with Crippen LogP contribution < -0.4 is 10.2 Å². The zero-order valence-electron chi connectivity index (χ0n) is 12.8. The molecule has 2 rings (SSSR count). The number of aromatic nitrogens is 2. The summed E-state index contributed by atoms with van der Waals surface area (Å²) in [7, 11) is 3.57. The summed E-state index contributed by atoms with van der Waals surface area (Å²) in [6, 6.07) is 9.00. The second kappa shape index (κ2) is 6.15. The molecule has 0 bridgehead atoms. The highest BCUT2D eigenvalue weighted by Gasteiger charge is 2.24. The minimum atomic E-state index is -0.394. The first-order valence-electron chi connectivity index (χ1n) is 6.68. The predicted molar refractivity (Wildman–Crippen MR) is 79.4 cm³/mol. The third-order valence-corrected chi connectivity index (χ3v) is 3.43. The lowest BCUT2D eigenvalue weighted by atomic mass is 10.1. The molecule has 0 aliphatic heterocycles. The highest BCUT2D eigenvalue weighted by Crippen LogP contribution is 2.24. The van der Waals surface area contributed by atoms with Gasteiger partial charge in [0.2, 0.25) is 0 Å². The number of hydrogen-bond donors (Lipinski definition) is 2. The fraction of sp³-hybridized carbons (Fsp3) is 0.400. The van der Waals surface area contributed by atoms with Crippen LogP contribution in [0.15, 0.2) is 30.3 Å². The average Bonchev–Trinajstić information content (AvgIpc) is 2.87. The Kier molecular flexibility index (Phi) is 4.50. The molecule has 21 heavy (non-hydrogen) atoms. The zero-order chi connectivity index (χ0) is 15.5. The van der Waals surface area contributed by atoms with E-state index in [1.807, 2.05) is 27.0 Å². The summed E-state index contributed by atoms with van der Waals surface area (Å²) in [5.74, 6) is 0.715. The first kappa shape index (κ1) is 15.3. The lowest BCUT2D eigenvalue weighted by Gasteiger charge is -2.22. The van der Waals surface area contributed by atoms with Crippen molar-refractivity contribution in [3.63, 3.8) is 0 Å². The maximum Gasteiger partial charge on any atom is 0.132 e. The van der Waals surface area contributed by atoms with Crippen LogP contribution in [0.4, 0.5) is 5.69 Å².